The van der Waals surface area contributed by atoms with Gasteiger partial charge in [-0.05, 0) is 75.2 Å². The maximum atomic E-state index is 13.1. The minimum Gasteiger partial charge on any atom is -0.465 e. The van der Waals surface area contributed by atoms with Crippen LogP contribution in [0.4, 0.5) is 9.59 Å². The fourth-order valence-electron chi connectivity index (χ4n) is 3.24. The molecule has 0 aliphatic carbocycles. The molecule has 1 aliphatic heterocycles. The number of likely N-dealkylation sites (tertiary alicyclic amines) is 1. The van der Waals surface area contributed by atoms with Crippen molar-refractivity contribution in [2.45, 2.75) is 98.0 Å². The number of carbonyl (C=O) groups excluding carboxylic acids is 2. The molecule has 1 saturated heterocycles. The molecule has 2 amide bonds. The molecule has 0 saturated carbocycles. The molecule has 0 aromatic heterocycles. The molecule has 0 radical (unpaired) electrons. The molecule has 0 spiro atoms. The van der Waals surface area contributed by atoms with Gasteiger partial charge in [0.05, 0.1) is 17.2 Å². The van der Waals surface area contributed by atoms with Crippen LogP contribution in [0.3, 0.4) is 0 Å². The largest absolute Gasteiger partial charge is 0.478 e. The zero-order valence-corrected chi connectivity index (χ0v) is 23.2. The van der Waals surface area contributed by atoms with Crippen molar-refractivity contribution in [2.75, 3.05) is 26.4 Å². The standard InChI is InChI=1S/C22H41N2O10P/c1-20(2,3)32-17(25)14-23(13-16-11-10-12-24(16)18(26)27)19(28)30-15-31-35(29,33-21(4,5)6)34-22(7,8)9/h16H,10-15H2,1-9H3,(H,26,27). The Morgan fingerprint density at radius 3 is 1.97 bits per heavy atom. The maximum absolute atomic E-state index is 13.1. The lowest BCUT2D eigenvalue weighted by Crippen LogP contribution is -2.47. The van der Waals surface area contributed by atoms with Crippen LogP contribution in [0.15, 0.2) is 0 Å². The molecule has 1 heterocycles. The van der Waals surface area contributed by atoms with Crippen molar-refractivity contribution in [1.29, 1.82) is 0 Å². The molecular formula is C22H41N2O10P. The third-order valence-corrected chi connectivity index (χ3v) is 6.18. The Balaban J connectivity index is 2.93. The van der Waals surface area contributed by atoms with Crippen molar-refractivity contribution in [3.63, 3.8) is 0 Å². The lowest BCUT2D eigenvalue weighted by molar-refractivity contribution is -0.156. The average Bonchev–Trinajstić information content (AvgIpc) is 3.04. The van der Waals surface area contributed by atoms with Gasteiger partial charge in [-0.1, -0.05) is 0 Å². The Labute approximate surface area is 207 Å². The Bertz CT molecular complexity index is 778. The molecular weight excluding hydrogens is 483 g/mol. The van der Waals surface area contributed by atoms with E-state index in [0.29, 0.717) is 19.4 Å². The third kappa shape index (κ3) is 12.6. The van der Waals surface area contributed by atoms with E-state index in [4.69, 9.17) is 23.0 Å². The fourth-order valence-corrected chi connectivity index (χ4v) is 4.91. The second-order valence-corrected chi connectivity index (χ2v) is 12.8. The maximum Gasteiger partial charge on any atom is 0.478 e. The number of carboxylic acid groups (broad SMARTS) is 1. The van der Waals surface area contributed by atoms with E-state index in [1.165, 1.54) is 4.90 Å². The molecule has 0 aromatic rings. The number of hydrogen-bond donors (Lipinski definition) is 1. The topological polar surface area (TPSA) is 141 Å². The third-order valence-electron chi connectivity index (χ3n) is 4.22. The second kappa shape index (κ2) is 11.9. The molecule has 1 atom stereocenters. The number of nitrogens with zero attached hydrogens (tertiary/aromatic N) is 2. The van der Waals surface area contributed by atoms with Gasteiger partial charge in [-0.25, -0.2) is 18.7 Å². The minimum atomic E-state index is -4.13. The lowest BCUT2D eigenvalue weighted by Gasteiger charge is -2.31. The predicted octanol–water partition coefficient (Wildman–Crippen LogP) is 4.62. The van der Waals surface area contributed by atoms with Crippen LogP contribution in [-0.2, 0) is 32.4 Å². The predicted molar refractivity (Wildman–Crippen MR) is 127 cm³/mol. The van der Waals surface area contributed by atoms with Gasteiger partial charge in [0.15, 0.2) is 0 Å². The highest BCUT2D eigenvalue weighted by Gasteiger charge is 2.38. The zero-order valence-electron chi connectivity index (χ0n) is 22.3. The van der Waals surface area contributed by atoms with Crippen LogP contribution < -0.4 is 0 Å². The van der Waals surface area contributed by atoms with Crippen LogP contribution in [0.5, 0.6) is 0 Å². The number of esters is 1. The Kier molecular flexibility index (Phi) is 10.6. The number of ether oxygens (including phenoxy) is 2. The van der Waals surface area contributed by atoms with Gasteiger partial charge in [0.25, 0.3) is 0 Å². The van der Waals surface area contributed by atoms with Gasteiger partial charge in [-0.3, -0.25) is 18.7 Å². The summed E-state index contributed by atoms with van der Waals surface area (Å²) < 4.78 is 39.7. The van der Waals surface area contributed by atoms with Crippen molar-refractivity contribution >= 4 is 26.0 Å². The Morgan fingerprint density at radius 2 is 1.51 bits per heavy atom. The molecule has 1 rings (SSSR count). The van der Waals surface area contributed by atoms with Crippen molar-refractivity contribution in [1.82, 2.24) is 9.80 Å². The van der Waals surface area contributed by atoms with Crippen LogP contribution in [0.25, 0.3) is 0 Å². The van der Waals surface area contributed by atoms with E-state index in [0.717, 1.165) is 4.90 Å². The van der Waals surface area contributed by atoms with Gasteiger partial charge in [0, 0.05) is 13.1 Å². The van der Waals surface area contributed by atoms with E-state index in [1.807, 2.05) is 0 Å². The molecule has 1 unspecified atom stereocenters. The quantitative estimate of drug-likeness (QED) is 0.258. The van der Waals surface area contributed by atoms with Crippen LogP contribution in [0, 0.1) is 0 Å². The van der Waals surface area contributed by atoms with Gasteiger partial charge in [-0.15, -0.1) is 0 Å². The summed E-state index contributed by atoms with van der Waals surface area (Å²) in [5, 5.41) is 9.41. The highest BCUT2D eigenvalue weighted by Crippen LogP contribution is 2.55. The van der Waals surface area contributed by atoms with Gasteiger partial charge in [0.1, 0.15) is 12.1 Å². The van der Waals surface area contributed by atoms with E-state index in [9.17, 15) is 24.1 Å². The summed E-state index contributed by atoms with van der Waals surface area (Å²) in [7, 11) is -4.13. The molecule has 1 N–H and O–H groups in total. The van der Waals surface area contributed by atoms with Crippen molar-refractivity contribution < 1.29 is 47.1 Å². The summed E-state index contributed by atoms with van der Waals surface area (Å²) in [4.78, 5) is 39.0. The van der Waals surface area contributed by atoms with E-state index >= 15 is 0 Å². The smallest absolute Gasteiger partial charge is 0.465 e. The Hall–Kier alpha value is -1.88. The number of carbonyl (C=O) groups is 3. The van der Waals surface area contributed by atoms with Gasteiger partial charge >= 0.3 is 26.0 Å². The number of rotatable bonds is 9. The summed E-state index contributed by atoms with van der Waals surface area (Å²) in [6, 6.07) is -0.511. The van der Waals surface area contributed by atoms with E-state index in [1.54, 1.807) is 62.3 Å². The van der Waals surface area contributed by atoms with Crippen molar-refractivity contribution in [2.24, 2.45) is 0 Å². The number of phosphoric ester groups is 1. The van der Waals surface area contributed by atoms with Crippen LogP contribution in [-0.4, -0.2) is 82.3 Å². The van der Waals surface area contributed by atoms with Gasteiger partial charge in [-0.2, -0.15) is 0 Å². The second-order valence-electron chi connectivity index (χ2n) is 11.3. The highest BCUT2D eigenvalue weighted by molar-refractivity contribution is 7.48. The monoisotopic (exact) mass is 524 g/mol. The molecule has 13 heteroatoms. The molecule has 35 heavy (non-hydrogen) atoms. The summed E-state index contributed by atoms with van der Waals surface area (Å²) >= 11 is 0. The molecule has 12 nitrogen and oxygen atoms in total. The number of amides is 2. The molecule has 1 fully saturated rings. The summed E-state index contributed by atoms with van der Waals surface area (Å²) in [6.07, 6.45) is -0.922. The minimum absolute atomic E-state index is 0.0843. The summed E-state index contributed by atoms with van der Waals surface area (Å²) in [6.45, 7) is 14.1. The molecule has 1 aliphatic rings. The fraction of sp³-hybridized carbons (Fsp3) is 0.864. The van der Waals surface area contributed by atoms with Crippen molar-refractivity contribution in [3.05, 3.63) is 0 Å². The first-order valence-corrected chi connectivity index (χ1v) is 12.9. The van der Waals surface area contributed by atoms with E-state index < -0.39 is 62.2 Å². The highest BCUT2D eigenvalue weighted by atomic mass is 31.2. The lowest BCUT2D eigenvalue weighted by atomic mass is 10.2. The number of phosphoric acid groups is 1. The SMILES string of the molecule is CC(C)(C)OC(=O)CN(CC1CCCN1C(=O)O)C(=O)OCOP(=O)(OC(C)(C)C)OC(C)(C)C. The Morgan fingerprint density at radius 1 is 0.971 bits per heavy atom. The molecule has 0 aromatic carbocycles. The zero-order chi connectivity index (χ0) is 27.2. The average molecular weight is 525 g/mol. The normalized spacial score (nSPS) is 17.3. The van der Waals surface area contributed by atoms with Crippen LogP contribution in [0.1, 0.15) is 75.2 Å². The summed E-state index contributed by atoms with van der Waals surface area (Å²) in [5.41, 5.74) is -2.54. The molecule has 204 valence electrons. The molecule has 0 bridgehead atoms. The van der Waals surface area contributed by atoms with Gasteiger partial charge < -0.3 is 19.5 Å². The first kappa shape index (κ1) is 31.2. The van der Waals surface area contributed by atoms with E-state index in [-0.39, 0.29) is 6.54 Å². The van der Waals surface area contributed by atoms with Gasteiger partial charge in [0.2, 0.25) is 6.79 Å². The van der Waals surface area contributed by atoms with Crippen LogP contribution >= 0.6 is 7.82 Å². The first-order valence-electron chi connectivity index (χ1n) is 11.5. The summed E-state index contributed by atoms with van der Waals surface area (Å²) in [5.74, 6) is -0.687. The van der Waals surface area contributed by atoms with E-state index in [2.05, 4.69) is 0 Å². The van der Waals surface area contributed by atoms with Crippen molar-refractivity contribution in [3.8, 4) is 0 Å². The number of hydrogen-bond acceptors (Lipinski definition) is 9. The van der Waals surface area contributed by atoms with Crippen LogP contribution in [0.2, 0.25) is 0 Å². The first-order chi connectivity index (χ1) is 15.7.